The van der Waals surface area contributed by atoms with Gasteiger partial charge in [0, 0.05) is 17.1 Å². The zero-order valence-corrected chi connectivity index (χ0v) is 12.1. The number of hydrogen-bond donors (Lipinski definition) is 1. The van der Waals surface area contributed by atoms with Crippen LogP contribution in [0.1, 0.15) is 31.4 Å². The van der Waals surface area contributed by atoms with Gasteiger partial charge in [-0.3, -0.25) is 9.69 Å². The Kier molecular flexibility index (Phi) is 4.40. The first kappa shape index (κ1) is 13.6. The predicted octanol–water partition coefficient (Wildman–Crippen LogP) is 3.31. The molecule has 2 unspecified atom stereocenters. The highest BCUT2D eigenvalue weighted by Crippen LogP contribution is 2.28. The Morgan fingerprint density at radius 1 is 1.56 bits per heavy atom. The number of carboxylic acids is 1. The van der Waals surface area contributed by atoms with Crippen LogP contribution in [0.5, 0.6) is 0 Å². The average Bonchev–Trinajstić information content (AvgIpc) is 2.38. The molecule has 0 spiro atoms. The number of carbonyl (C=O) groups is 1. The fourth-order valence-corrected chi connectivity index (χ4v) is 2.95. The molecule has 1 heterocycles. The van der Waals surface area contributed by atoms with Gasteiger partial charge < -0.3 is 5.11 Å². The molecule has 2 atom stereocenters. The first-order valence-electron chi connectivity index (χ1n) is 6.30. The van der Waals surface area contributed by atoms with Gasteiger partial charge in [-0.2, -0.15) is 0 Å². The van der Waals surface area contributed by atoms with Crippen LogP contribution in [0.25, 0.3) is 0 Å². The largest absolute Gasteiger partial charge is 0.481 e. The van der Waals surface area contributed by atoms with E-state index in [0.29, 0.717) is 6.54 Å². The summed E-state index contributed by atoms with van der Waals surface area (Å²) >= 11 is 3.48. The van der Waals surface area contributed by atoms with Crippen molar-refractivity contribution in [1.29, 1.82) is 0 Å². The maximum Gasteiger partial charge on any atom is 0.307 e. The SMILES string of the molecule is CC(c1cccc(Br)c1)N1CCCC(C(=O)O)C1. The molecule has 0 amide bonds. The van der Waals surface area contributed by atoms with Crippen molar-refractivity contribution in [3.05, 3.63) is 34.3 Å². The van der Waals surface area contributed by atoms with Crippen molar-refractivity contribution in [3.8, 4) is 0 Å². The van der Waals surface area contributed by atoms with E-state index >= 15 is 0 Å². The molecule has 98 valence electrons. The number of halogens is 1. The van der Waals surface area contributed by atoms with Gasteiger partial charge in [0.15, 0.2) is 0 Å². The van der Waals surface area contributed by atoms with E-state index in [1.165, 1.54) is 5.56 Å². The second kappa shape index (κ2) is 5.85. The maximum atomic E-state index is 11.1. The van der Waals surface area contributed by atoms with Crippen molar-refractivity contribution in [2.24, 2.45) is 5.92 Å². The molecule has 4 heteroatoms. The summed E-state index contributed by atoms with van der Waals surface area (Å²) in [6.07, 6.45) is 1.77. The molecule has 1 aromatic rings. The molecule has 3 nitrogen and oxygen atoms in total. The molecule has 2 rings (SSSR count). The molecule has 1 fully saturated rings. The average molecular weight is 312 g/mol. The van der Waals surface area contributed by atoms with Gasteiger partial charge in [-0.05, 0) is 44.0 Å². The van der Waals surface area contributed by atoms with Gasteiger partial charge in [0.2, 0.25) is 0 Å². The maximum absolute atomic E-state index is 11.1. The minimum Gasteiger partial charge on any atom is -0.481 e. The van der Waals surface area contributed by atoms with E-state index in [-0.39, 0.29) is 12.0 Å². The number of likely N-dealkylation sites (tertiary alicyclic amines) is 1. The molecule has 1 aliphatic heterocycles. The molecule has 18 heavy (non-hydrogen) atoms. The summed E-state index contributed by atoms with van der Waals surface area (Å²) in [6.45, 7) is 3.78. The van der Waals surface area contributed by atoms with Gasteiger partial charge in [-0.1, -0.05) is 28.1 Å². The second-order valence-electron chi connectivity index (χ2n) is 4.90. The van der Waals surface area contributed by atoms with Crippen LogP contribution in [0.2, 0.25) is 0 Å². The molecule has 0 aromatic heterocycles. The second-order valence-corrected chi connectivity index (χ2v) is 5.82. The molecule has 1 aromatic carbocycles. The number of nitrogens with zero attached hydrogens (tertiary/aromatic N) is 1. The van der Waals surface area contributed by atoms with Crippen LogP contribution >= 0.6 is 15.9 Å². The lowest BCUT2D eigenvalue weighted by molar-refractivity contribution is -0.143. The summed E-state index contributed by atoms with van der Waals surface area (Å²) in [4.78, 5) is 13.3. The van der Waals surface area contributed by atoms with E-state index in [0.717, 1.165) is 23.9 Å². The first-order valence-corrected chi connectivity index (χ1v) is 7.09. The van der Waals surface area contributed by atoms with Crippen LogP contribution < -0.4 is 0 Å². The number of piperidine rings is 1. The van der Waals surface area contributed by atoms with Gasteiger partial charge >= 0.3 is 5.97 Å². The zero-order valence-electron chi connectivity index (χ0n) is 10.5. The number of hydrogen-bond acceptors (Lipinski definition) is 2. The van der Waals surface area contributed by atoms with Crippen LogP contribution in [-0.4, -0.2) is 29.1 Å². The Bertz CT molecular complexity index is 436. The van der Waals surface area contributed by atoms with Gasteiger partial charge in [-0.15, -0.1) is 0 Å². The third-order valence-corrected chi connectivity index (χ3v) is 4.17. The highest BCUT2D eigenvalue weighted by molar-refractivity contribution is 9.10. The fraction of sp³-hybridized carbons (Fsp3) is 0.500. The van der Waals surface area contributed by atoms with Crippen molar-refractivity contribution in [1.82, 2.24) is 4.90 Å². The Hall–Kier alpha value is -0.870. The van der Waals surface area contributed by atoms with Gasteiger partial charge in [0.1, 0.15) is 0 Å². The highest BCUT2D eigenvalue weighted by Gasteiger charge is 2.28. The topological polar surface area (TPSA) is 40.5 Å². The van der Waals surface area contributed by atoms with Crippen molar-refractivity contribution in [2.45, 2.75) is 25.8 Å². The van der Waals surface area contributed by atoms with E-state index in [1.807, 2.05) is 12.1 Å². The third-order valence-electron chi connectivity index (χ3n) is 3.68. The Labute approximate surface area is 116 Å². The van der Waals surface area contributed by atoms with Gasteiger partial charge in [-0.25, -0.2) is 0 Å². The van der Waals surface area contributed by atoms with Crippen LogP contribution in [0, 0.1) is 5.92 Å². The standard InChI is InChI=1S/C14H18BrNO2/c1-10(11-4-2-6-13(15)8-11)16-7-3-5-12(9-16)14(17)18/h2,4,6,8,10,12H,3,5,7,9H2,1H3,(H,17,18). The van der Waals surface area contributed by atoms with Crippen LogP contribution in [0.15, 0.2) is 28.7 Å². The van der Waals surface area contributed by atoms with Crippen LogP contribution in [0.3, 0.4) is 0 Å². The molecule has 1 N–H and O–H groups in total. The summed E-state index contributed by atoms with van der Waals surface area (Å²) in [6, 6.07) is 8.50. The van der Waals surface area contributed by atoms with Gasteiger partial charge in [0.25, 0.3) is 0 Å². The number of benzene rings is 1. The summed E-state index contributed by atoms with van der Waals surface area (Å²) in [5.74, 6) is -0.880. The van der Waals surface area contributed by atoms with Crippen LogP contribution in [0.4, 0.5) is 0 Å². The van der Waals surface area contributed by atoms with Crippen LogP contribution in [-0.2, 0) is 4.79 Å². The summed E-state index contributed by atoms with van der Waals surface area (Å²) in [5, 5.41) is 9.12. The van der Waals surface area contributed by atoms with E-state index in [4.69, 9.17) is 5.11 Å². The minimum absolute atomic E-state index is 0.214. The van der Waals surface area contributed by atoms with Crippen molar-refractivity contribution >= 4 is 21.9 Å². The lowest BCUT2D eigenvalue weighted by atomic mass is 9.95. The third kappa shape index (κ3) is 3.12. The lowest BCUT2D eigenvalue weighted by Crippen LogP contribution is -2.40. The van der Waals surface area contributed by atoms with Crippen molar-refractivity contribution in [2.75, 3.05) is 13.1 Å². The number of carboxylic acid groups (broad SMARTS) is 1. The predicted molar refractivity (Wildman–Crippen MR) is 74.5 cm³/mol. The normalized spacial score (nSPS) is 22.7. The molecule has 1 aliphatic rings. The smallest absolute Gasteiger partial charge is 0.307 e. The number of rotatable bonds is 3. The minimum atomic E-state index is -0.666. The monoisotopic (exact) mass is 311 g/mol. The van der Waals surface area contributed by atoms with E-state index in [2.05, 4.69) is 39.9 Å². The van der Waals surface area contributed by atoms with E-state index in [1.54, 1.807) is 0 Å². The molecule has 1 saturated heterocycles. The summed E-state index contributed by atoms with van der Waals surface area (Å²) in [7, 11) is 0. The Morgan fingerprint density at radius 2 is 2.33 bits per heavy atom. The van der Waals surface area contributed by atoms with Crippen molar-refractivity contribution < 1.29 is 9.90 Å². The molecular weight excluding hydrogens is 294 g/mol. The highest BCUT2D eigenvalue weighted by atomic mass is 79.9. The number of aliphatic carboxylic acids is 1. The van der Waals surface area contributed by atoms with E-state index in [9.17, 15) is 4.79 Å². The van der Waals surface area contributed by atoms with Crippen molar-refractivity contribution in [3.63, 3.8) is 0 Å². The quantitative estimate of drug-likeness (QED) is 0.931. The fourth-order valence-electron chi connectivity index (χ4n) is 2.54. The van der Waals surface area contributed by atoms with Gasteiger partial charge in [0.05, 0.1) is 5.92 Å². The molecule has 0 aliphatic carbocycles. The molecular formula is C14H18BrNO2. The molecule has 0 bridgehead atoms. The Balaban J connectivity index is 2.09. The lowest BCUT2D eigenvalue weighted by Gasteiger charge is -2.35. The Morgan fingerprint density at radius 3 is 3.00 bits per heavy atom. The van der Waals surface area contributed by atoms with E-state index < -0.39 is 5.97 Å². The molecule has 0 radical (unpaired) electrons. The molecule has 0 saturated carbocycles. The summed E-state index contributed by atoms with van der Waals surface area (Å²) in [5.41, 5.74) is 1.23. The summed E-state index contributed by atoms with van der Waals surface area (Å²) < 4.78 is 1.07. The first-order chi connectivity index (χ1) is 8.58. The zero-order chi connectivity index (χ0) is 13.1.